The van der Waals surface area contributed by atoms with Crippen LogP contribution in [0, 0.1) is 0 Å². The van der Waals surface area contributed by atoms with E-state index in [4.69, 9.17) is 21.8 Å². The van der Waals surface area contributed by atoms with Gasteiger partial charge in [0.1, 0.15) is 11.5 Å². The Morgan fingerprint density at radius 1 is 1.09 bits per heavy atom. The second-order valence-corrected chi connectivity index (χ2v) is 5.03. The summed E-state index contributed by atoms with van der Waals surface area (Å²) in [7, 11) is 0. The van der Waals surface area contributed by atoms with E-state index in [1.165, 1.54) is 0 Å². The van der Waals surface area contributed by atoms with Crippen molar-refractivity contribution < 1.29 is 14.0 Å². The summed E-state index contributed by atoms with van der Waals surface area (Å²) in [4.78, 5) is 22.0. The Labute approximate surface area is 132 Å². The maximum atomic E-state index is 11.6. The predicted molar refractivity (Wildman–Crippen MR) is 83.2 cm³/mol. The van der Waals surface area contributed by atoms with E-state index in [1.54, 1.807) is 18.2 Å². The monoisotopic (exact) mass is 321 g/mol. The van der Waals surface area contributed by atoms with E-state index < -0.39 is 6.03 Å². The number of amides is 3. The van der Waals surface area contributed by atoms with Crippen LogP contribution in [0.2, 0.25) is 5.02 Å². The molecule has 0 saturated carbocycles. The maximum Gasteiger partial charge on any atom is 0.312 e. The first-order valence-corrected chi connectivity index (χ1v) is 7.07. The number of primary amides is 1. The Bertz CT molecular complexity index is 652. The molecule has 4 N–H and O–H groups in total. The fourth-order valence-corrected chi connectivity index (χ4v) is 1.94. The van der Waals surface area contributed by atoms with Crippen molar-refractivity contribution in [2.75, 3.05) is 6.54 Å². The van der Waals surface area contributed by atoms with Gasteiger partial charge in [0.25, 0.3) is 0 Å². The van der Waals surface area contributed by atoms with E-state index in [-0.39, 0.29) is 25.4 Å². The van der Waals surface area contributed by atoms with Gasteiger partial charge in [0.2, 0.25) is 5.91 Å². The number of hydrogen-bond acceptors (Lipinski definition) is 3. The maximum absolute atomic E-state index is 11.6. The zero-order chi connectivity index (χ0) is 15.9. The minimum Gasteiger partial charge on any atom is -0.459 e. The minimum atomic E-state index is -0.647. The Morgan fingerprint density at radius 2 is 1.82 bits per heavy atom. The van der Waals surface area contributed by atoms with Crippen LogP contribution < -0.4 is 16.4 Å². The Hall–Kier alpha value is -2.47. The summed E-state index contributed by atoms with van der Waals surface area (Å²) in [5, 5.41) is 5.71. The van der Waals surface area contributed by atoms with Gasteiger partial charge >= 0.3 is 6.03 Å². The highest BCUT2D eigenvalue weighted by atomic mass is 35.5. The number of benzene rings is 1. The molecule has 0 fully saturated rings. The lowest BCUT2D eigenvalue weighted by Crippen LogP contribution is -2.33. The highest BCUT2D eigenvalue weighted by molar-refractivity contribution is 6.30. The first-order valence-electron chi connectivity index (χ1n) is 6.69. The van der Waals surface area contributed by atoms with Crippen LogP contribution in [0.15, 0.2) is 40.8 Å². The fourth-order valence-electron chi connectivity index (χ4n) is 1.82. The summed E-state index contributed by atoms with van der Waals surface area (Å²) in [5.74, 6) is 1.15. The van der Waals surface area contributed by atoms with Gasteiger partial charge in [-0.1, -0.05) is 11.6 Å². The molecule has 0 aliphatic carbocycles. The molecule has 116 valence electrons. The molecular formula is C15H16ClN3O3. The molecule has 3 amide bonds. The number of hydrogen-bond donors (Lipinski definition) is 3. The third-order valence-electron chi connectivity index (χ3n) is 2.90. The van der Waals surface area contributed by atoms with E-state index >= 15 is 0 Å². The summed E-state index contributed by atoms with van der Waals surface area (Å²) in [6, 6.07) is 10.3. The van der Waals surface area contributed by atoms with Gasteiger partial charge < -0.3 is 20.8 Å². The summed E-state index contributed by atoms with van der Waals surface area (Å²) in [6.45, 7) is 0.484. The van der Waals surface area contributed by atoms with Crippen molar-refractivity contribution in [1.29, 1.82) is 0 Å². The number of rotatable bonds is 6. The average Bonchev–Trinajstić information content (AvgIpc) is 2.94. The lowest BCUT2D eigenvalue weighted by Gasteiger charge is -2.04. The molecule has 1 aromatic carbocycles. The van der Waals surface area contributed by atoms with Crippen LogP contribution in [0.25, 0.3) is 11.3 Å². The molecule has 0 spiro atoms. The van der Waals surface area contributed by atoms with Crippen molar-refractivity contribution in [2.45, 2.75) is 13.0 Å². The van der Waals surface area contributed by atoms with E-state index in [2.05, 4.69) is 10.6 Å². The smallest absolute Gasteiger partial charge is 0.312 e. The number of nitrogens with one attached hydrogen (secondary N) is 2. The molecule has 0 bridgehead atoms. The second-order valence-electron chi connectivity index (χ2n) is 4.59. The molecule has 7 heteroatoms. The quantitative estimate of drug-likeness (QED) is 0.761. The van der Waals surface area contributed by atoms with Gasteiger partial charge in [-0.2, -0.15) is 0 Å². The van der Waals surface area contributed by atoms with E-state index in [9.17, 15) is 9.59 Å². The number of furan rings is 1. The van der Waals surface area contributed by atoms with E-state index in [1.807, 2.05) is 18.2 Å². The van der Waals surface area contributed by atoms with Crippen LogP contribution >= 0.6 is 11.6 Å². The van der Waals surface area contributed by atoms with Gasteiger partial charge in [0.05, 0.1) is 6.54 Å². The van der Waals surface area contributed by atoms with Crippen molar-refractivity contribution in [3.8, 4) is 11.3 Å². The third kappa shape index (κ3) is 4.82. The van der Waals surface area contributed by atoms with Crippen molar-refractivity contribution in [3.63, 3.8) is 0 Å². The van der Waals surface area contributed by atoms with Crippen LogP contribution in [0.4, 0.5) is 4.79 Å². The first-order chi connectivity index (χ1) is 10.5. The Balaban J connectivity index is 1.83. The van der Waals surface area contributed by atoms with Crippen LogP contribution in [0.3, 0.4) is 0 Å². The zero-order valence-electron chi connectivity index (χ0n) is 11.8. The predicted octanol–water partition coefficient (Wildman–Crippen LogP) is 2.27. The highest BCUT2D eigenvalue weighted by Crippen LogP contribution is 2.23. The van der Waals surface area contributed by atoms with Gasteiger partial charge in [-0.05, 0) is 36.4 Å². The molecule has 22 heavy (non-hydrogen) atoms. The zero-order valence-corrected chi connectivity index (χ0v) is 12.5. The summed E-state index contributed by atoms with van der Waals surface area (Å²) >= 11 is 5.84. The molecule has 0 aliphatic heterocycles. The molecule has 1 heterocycles. The Kier molecular flexibility index (Phi) is 5.43. The Morgan fingerprint density at radius 3 is 2.50 bits per heavy atom. The summed E-state index contributed by atoms with van der Waals surface area (Å²) in [6.07, 6.45) is 0.160. The molecule has 0 atom stereocenters. The average molecular weight is 322 g/mol. The van der Waals surface area contributed by atoms with E-state index in [0.717, 1.165) is 5.56 Å². The number of nitrogens with two attached hydrogens (primary N) is 1. The normalized spacial score (nSPS) is 10.2. The molecule has 0 unspecified atom stereocenters. The molecule has 1 aromatic heterocycles. The molecule has 2 rings (SSSR count). The molecular weight excluding hydrogens is 306 g/mol. The van der Waals surface area contributed by atoms with Crippen molar-refractivity contribution >= 4 is 23.5 Å². The van der Waals surface area contributed by atoms with Gasteiger partial charge in [-0.3, -0.25) is 4.79 Å². The molecule has 6 nitrogen and oxygen atoms in total. The SMILES string of the molecule is NC(=O)NCCC(=O)NCc1ccc(-c2ccc(Cl)cc2)o1. The topological polar surface area (TPSA) is 97.4 Å². The first kappa shape index (κ1) is 15.9. The second kappa shape index (κ2) is 7.51. The van der Waals surface area contributed by atoms with Gasteiger partial charge in [-0.15, -0.1) is 0 Å². The van der Waals surface area contributed by atoms with Crippen molar-refractivity contribution in [3.05, 3.63) is 47.2 Å². The largest absolute Gasteiger partial charge is 0.459 e. The van der Waals surface area contributed by atoms with Crippen LogP contribution in [0.5, 0.6) is 0 Å². The summed E-state index contributed by atoms with van der Waals surface area (Å²) in [5.41, 5.74) is 5.82. The molecule has 0 radical (unpaired) electrons. The standard InChI is InChI=1S/C15H16ClN3O3/c16-11-3-1-10(2-4-11)13-6-5-12(22-13)9-19-14(20)7-8-18-15(17)21/h1-6H,7-9H2,(H,19,20)(H3,17,18,21). The lowest BCUT2D eigenvalue weighted by molar-refractivity contribution is -0.121. The van der Waals surface area contributed by atoms with Crippen LogP contribution in [-0.2, 0) is 11.3 Å². The van der Waals surface area contributed by atoms with Crippen LogP contribution in [-0.4, -0.2) is 18.5 Å². The minimum absolute atomic E-state index is 0.160. The van der Waals surface area contributed by atoms with Gasteiger partial charge in [0.15, 0.2) is 0 Å². The number of carbonyl (C=O) groups is 2. The van der Waals surface area contributed by atoms with Crippen molar-refractivity contribution in [2.24, 2.45) is 5.73 Å². The molecule has 0 aliphatic rings. The number of urea groups is 1. The summed E-state index contributed by atoms with van der Waals surface area (Å²) < 4.78 is 5.66. The lowest BCUT2D eigenvalue weighted by atomic mass is 10.2. The van der Waals surface area contributed by atoms with Crippen molar-refractivity contribution in [1.82, 2.24) is 10.6 Å². The third-order valence-corrected chi connectivity index (χ3v) is 3.15. The molecule has 0 saturated heterocycles. The van der Waals surface area contributed by atoms with Crippen LogP contribution in [0.1, 0.15) is 12.2 Å². The number of halogens is 1. The van der Waals surface area contributed by atoms with Gasteiger partial charge in [-0.25, -0.2) is 4.79 Å². The molecule has 2 aromatic rings. The number of carbonyl (C=O) groups excluding carboxylic acids is 2. The van der Waals surface area contributed by atoms with E-state index in [0.29, 0.717) is 16.5 Å². The highest BCUT2D eigenvalue weighted by Gasteiger charge is 2.07. The van der Waals surface area contributed by atoms with Gasteiger partial charge in [0, 0.05) is 23.6 Å². The fraction of sp³-hybridized carbons (Fsp3) is 0.200.